The first kappa shape index (κ1) is 17.5. The summed E-state index contributed by atoms with van der Waals surface area (Å²) in [5.74, 6) is -0.588. The van der Waals surface area contributed by atoms with E-state index in [2.05, 4.69) is 10.6 Å². The van der Waals surface area contributed by atoms with Gasteiger partial charge in [-0.1, -0.05) is 24.3 Å². The summed E-state index contributed by atoms with van der Waals surface area (Å²) in [6.45, 7) is 5.37. The van der Waals surface area contributed by atoms with E-state index in [1.807, 2.05) is 31.2 Å². The highest BCUT2D eigenvalue weighted by Crippen LogP contribution is 2.06. The van der Waals surface area contributed by atoms with Crippen LogP contribution in [0.15, 0.2) is 41.2 Å². The molecule has 2 N–H and O–H groups in total. The van der Waals surface area contributed by atoms with Crippen LogP contribution in [0.2, 0.25) is 0 Å². The minimum absolute atomic E-state index is 0.0933. The summed E-state index contributed by atoms with van der Waals surface area (Å²) < 4.78 is 1.35. The van der Waals surface area contributed by atoms with Crippen LogP contribution < -0.4 is 16.2 Å². The highest BCUT2D eigenvalue weighted by atomic mass is 16.2. The molecule has 1 heterocycles. The molecule has 0 aliphatic rings. The molecule has 0 saturated heterocycles. The predicted molar refractivity (Wildman–Crippen MR) is 92.8 cm³/mol. The summed E-state index contributed by atoms with van der Waals surface area (Å²) in [5.41, 5.74) is 2.55. The van der Waals surface area contributed by atoms with E-state index in [0.717, 1.165) is 11.1 Å². The van der Waals surface area contributed by atoms with E-state index in [9.17, 15) is 14.4 Å². The lowest BCUT2D eigenvalue weighted by Crippen LogP contribution is -2.34. The zero-order valence-electron chi connectivity index (χ0n) is 14.1. The molecule has 24 heavy (non-hydrogen) atoms. The van der Waals surface area contributed by atoms with Crippen LogP contribution in [-0.2, 0) is 22.7 Å². The van der Waals surface area contributed by atoms with E-state index in [-0.39, 0.29) is 24.0 Å². The standard InChI is InChI=1S/C18H21N3O3/c1-12-6-4-5-7-15(12)10-19-17(23)11-21-13(2)8-9-16(18(21)24)20-14(3)22/h4-9H,10-11H2,1-3H3,(H,19,23)(H,20,22). The number of hydrogen-bond donors (Lipinski definition) is 2. The number of nitrogens with one attached hydrogen (secondary N) is 2. The molecule has 0 atom stereocenters. The number of carbonyl (C=O) groups is 2. The Balaban J connectivity index is 2.10. The van der Waals surface area contributed by atoms with Crippen LogP contribution in [0.5, 0.6) is 0 Å². The number of aromatic nitrogens is 1. The Morgan fingerprint density at radius 1 is 1.08 bits per heavy atom. The average Bonchev–Trinajstić information content (AvgIpc) is 2.53. The first-order chi connectivity index (χ1) is 11.4. The van der Waals surface area contributed by atoms with Gasteiger partial charge in [0.15, 0.2) is 0 Å². The first-order valence-electron chi connectivity index (χ1n) is 7.67. The van der Waals surface area contributed by atoms with Gasteiger partial charge < -0.3 is 15.2 Å². The number of benzene rings is 1. The lowest BCUT2D eigenvalue weighted by atomic mass is 10.1. The fourth-order valence-electron chi connectivity index (χ4n) is 2.35. The molecular weight excluding hydrogens is 306 g/mol. The molecule has 0 radical (unpaired) electrons. The Morgan fingerprint density at radius 2 is 1.79 bits per heavy atom. The van der Waals surface area contributed by atoms with Crippen molar-refractivity contribution in [3.05, 3.63) is 63.6 Å². The second-order valence-electron chi connectivity index (χ2n) is 5.66. The molecule has 2 aromatic rings. The third-order valence-corrected chi connectivity index (χ3v) is 3.74. The minimum Gasteiger partial charge on any atom is -0.350 e. The van der Waals surface area contributed by atoms with Crippen LogP contribution in [0.3, 0.4) is 0 Å². The van der Waals surface area contributed by atoms with Gasteiger partial charge in [0.25, 0.3) is 5.56 Å². The Labute approximate surface area is 140 Å². The number of nitrogens with zero attached hydrogens (tertiary/aromatic N) is 1. The van der Waals surface area contributed by atoms with Gasteiger partial charge in [-0.3, -0.25) is 14.4 Å². The Kier molecular flexibility index (Phi) is 5.52. The summed E-state index contributed by atoms with van der Waals surface area (Å²) in [5, 5.41) is 5.29. The fraction of sp³-hybridized carbons (Fsp3) is 0.278. The summed E-state index contributed by atoms with van der Waals surface area (Å²) in [6, 6.07) is 11.0. The lowest BCUT2D eigenvalue weighted by Gasteiger charge is -2.13. The van der Waals surface area contributed by atoms with Crippen molar-refractivity contribution in [3.8, 4) is 0 Å². The SMILES string of the molecule is CC(=O)Nc1ccc(C)n(CC(=O)NCc2ccccc2C)c1=O. The van der Waals surface area contributed by atoms with Crippen LogP contribution in [-0.4, -0.2) is 16.4 Å². The highest BCUT2D eigenvalue weighted by Gasteiger charge is 2.11. The van der Waals surface area contributed by atoms with E-state index >= 15 is 0 Å². The summed E-state index contributed by atoms with van der Waals surface area (Å²) in [4.78, 5) is 35.7. The second-order valence-corrected chi connectivity index (χ2v) is 5.66. The van der Waals surface area contributed by atoms with Crippen molar-refractivity contribution in [2.75, 3.05) is 5.32 Å². The topological polar surface area (TPSA) is 80.2 Å². The largest absolute Gasteiger partial charge is 0.350 e. The smallest absolute Gasteiger partial charge is 0.274 e. The van der Waals surface area contributed by atoms with Crippen molar-refractivity contribution < 1.29 is 9.59 Å². The number of rotatable bonds is 5. The summed E-state index contributed by atoms with van der Waals surface area (Å²) in [7, 11) is 0. The van der Waals surface area contributed by atoms with Crippen molar-refractivity contribution in [3.63, 3.8) is 0 Å². The third-order valence-electron chi connectivity index (χ3n) is 3.74. The van der Waals surface area contributed by atoms with E-state index in [4.69, 9.17) is 0 Å². The van der Waals surface area contributed by atoms with Gasteiger partial charge in [-0.25, -0.2) is 0 Å². The molecule has 6 nitrogen and oxygen atoms in total. The maximum Gasteiger partial charge on any atom is 0.274 e. The third kappa shape index (κ3) is 4.32. The molecule has 0 fully saturated rings. The van der Waals surface area contributed by atoms with Crippen molar-refractivity contribution in [1.29, 1.82) is 0 Å². The lowest BCUT2D eigenvalue weighted by molar-refractivity contribution is -0.121. The highest BCUT2D eigenvalue weighted by molar-refractivity contribution is 5.88. The van der Waals surface area contributed by atoms with Crippen molar-refractivity contribution in [1.82, 2.24) is 9.88 Å². The van der Waals surface area contributed by atoms with E-state index < -0.39 is 5.56 Å². The number of amides is 2. The van der Waals surface area contributed by atoms with Crippen molar-refractivity contribution >= 4 is 17.5 Å². The number of aryl methyl sites for hydroxylation is 2. The van der Waals surface area contributed by atoms with Gasteiger partial charge in [-0.05, 0) is 37.1 Å². The molecule has 0 aliphatic carbocycles. The molecule has 2 rings (SSSR count). The average molecular weight is 327 g/mol. The molecule has 0 saturated carbocycles. The number of carbonyl (C=O) groups excluding carboxylic acids is 2. The maximum atomic E-state index is 12.4. The monoisotopic (exact) mass is 327 g/mol. The quantitative estimate of drug-likeness (QED) is 0.878. The molecule has 0 bridgehead atoms. The van der Waals surface area contributed by atoms with Gasteiger partial charge in [0.2, 0.25) is 11.8 Å². The fourth-order valence-corrected chi connectivity index (χ4v) is 2.35. The van der Waals surface area contributed by atoms with Gasteiger partial charge in [-0.15, -0.1) is 0 Å². The molecule has 2 amide bonds. The van der Waals surface area contributed by atoms with Crippen LogP contribution in [0.25, 0.3) is 0 Å². The minimum atomic E-state index is -0.392. The Hall–Kier alpha value is -2.89. The maximum absolute atomic E-state index is 12.4. The van der Waals surface area contributed by atoms with Gasteiger partial charge >= 0.3 is 0 Å². The van der Waals surface area contributed by atoms with Crippen LogP contribution in [0, 0.1) is 13.8 Å². The summed E-state index contributed by atoms with van der Waals surface area (Å²) >= 11 is 0. The molecule has 1 aromatic heterocycles. The first-order valence-corrected chi connectivity index (χ1v) is 7.67. The molecule has 126 valence electrons. The number of anilines is 1. The Bertz CT molecular complexity index is 824. The molecular formula is C18H21N3O3. The molecule has 0 spiro atoms. The molecule has 0 unspecified atom stereocenters. The van der Waals surface area contributed by atoms with E-state index in [0.29, 0.717) is 12.2 Å². The van der Waals surface area contributed by atoms with E-state index in [1.165, 1.54) is 11.5 Å². The van der Waals surface area contributed by atoms with Crippen LogP contribution in [0.1, 0.15) is 23.7 Å². The number of pyridine rings is 1. The van der Waals surface area contributed by atoms with E-state index in [1.54, 1.807) is 19.1 Å². The molecule has 0 aliphatic heterocycles. The summed E-state index contributed by atoms with van der Waals surface area (Å²) in [6.07, 6.45) is 0. The zero-order chi connectivity index (χ0) is 17.7. The van der Waals surface area contributed by atoms with Crippen molar-refractivity contribution in [2.45, 2.75) is 33.9 Å². The molecule has 6 heteroatoms. The van der Waals surface area contributed by atoms with Gasteiger partial charge in [0, 0.05) is 19.2 Å². The van der Waals surface area contributed by atoms with Gasteiger partial charge in [-0.2, -0.15) is 0 Å². The van der Waals surface area contributed by atoms with Crippen molar-refractivity contribution in [2.24, 2.45) is 0 Å². The predicted octanol–water partition coefficient (Wildman–Crippen LogP) is 1.74. The van der Waals surface area contributed by atoms with Gasteiger partial charge in [0.1, 0.15) is 12.2 Å². The van der Waals surface area contributed by atoms with Gasteiger partial charge in [0.05, 0.1) is 0 Å². The van der Waals surface area contributed by atoms with Crippen LogP contribution >= 0.6 is 0 Å². The van der Waals surface area contributed by atoms with Crippen LogP contribution in [0.4, 0.5) is 5.69 Å². The Morgan fingerprint density at radius 3 is 2.46 bits per heavy atom. The normalized spacial score (nSPS) is 10.3. The molecule has 1 aromatic carbocycles. The zero-order valence-corrected chi connectivity index (χ0v) is 14.1. The second kappa shape index (κ2) is 7.59. The number of hydrogen-bond acceptors (Lipinski definition) is 3.